The minimum Gasteiger partial charge on any atom is -0.449 e. The first-order chi connectivity index (χ1) is 11.8. The van der Waals surface area contributed by atoms with Gasteiger partial charge in [-0.3, -0.25) is 4.79 Å². The Kier molecular flexibility index (Phi) is 6.02. The minimum atomic E-state index is -0.820. The number of rotatable bonds is 6. The highest BCUT2D eigenvalue weighted by Gasteiger charge is 2.19. The Hall–Kier alpha value is -2.56. The van der Waals surface area contributed by atoms with Gasteiger partial charge in [0, 0.05) is 23.6 Å². The average molecular weight is 342 g/mol. The summed E-state index contributed by atoms with van der Waals surface area (Å²) in [7, 11) is 0. The van der Waals surface area contributed by atoms with Crippen LogP contribution in [0.3, 0.4) is 0 Å². The predicted octanol–water partition coefficient (Wildman–Crippen LogP) is 3.41. The molecule has 0 aliphatic heterocycles. The van der Waals surface area contributed by atoms with Gasteiger partial charge >= 0.3 is 5.97 Å². The lowest BCUT2D eigenvalue weighted by Crippen LogP contribution is -2.37. The number of hydrogen-bond donors (Lipinski definition) is 1. The summed E-state index contributed by atoms with van der Waals surface area (Å²) in [4.78, 5) is 24.1. The summed E-state index contributed by atoms with van der Waals surface area (Å²) in [5, 5.41) is 2.76. The van der Waals surface area contributed by atoms with Crippen LogP contribution in [0, 0.1) is 19.8 Å². The summed E-state index contributed by atoms with van der Waals surface area (Å²) in [5.41, 5.74) is 3.67. The molecule has 0 radical (unpaired) electrons. The number of benzene rings is 1. The first kappa shape index (κ1) is 18.8. The molecule has 0 aliphatic rings. The highest BCUT2D eigenvalue weighted by Crippen LogP contribution is 2.17. The van der Waals surface area contributed by atoms with Crippen LogP contribution in [0.5, 0.6) is 0 Å². The van der Waals surface area contributed by atoms with Crippen LogP contribution in [-0.4, -0.2) is 29.1 Å². The molecule has 1 heterocycles. The van der Waals surface area contributed by atoms with Crippen molar-refractivity contribution in [3.63, 3.8) is 0 Å². The van der Waals surface area contributed by atoms with Crippen molar-refractivity contribution in [3.8, 4) is 5.69 Å². The molecular formula is C20H26N2O3. The van der Waals surface area contributed by atoms with Crippen molar-refractivity contribution < 1.29 is 14.3 Å². The molecule has 25 heavy (non-hydrogen) atoms. The quantitative estimate of drug-likeness (QED) is 0.819. The van der Waals surface area contributed by atoms with Gasteiger partial charge in [0.2, 0.25) is 0 Å². The van der Waals surface area contributed by atoms with Gasteiger partial charge in [-0.15, -0.1) is 0 Å². The van der Waals surface area contributed by atoms with Gasteiger partial charge in [0.15, 0.2) is 6.10 Å². The van der Waals surface area contributed by atoms with E-state index in [4.69, 9.17) is 4.74 Å². The fraction of sp³-hybridized carbons (Fsp3) is 0.400. The summed E-state index contributed by atoms with van der Waals surface area (Å²) >= 11 is 0. The number of nitrogens with zero attached hydrogens (tertiary/aromatic N) is 1. The third kappa shape index (κ3) is 4.72. The van der Waals surface area contributed by atoms with E-state index in [1.807, 2.05) is 39.8 Å². The van der Waals surface area contributed by atoms with E-state index in [1.54, 1.807) is 19.1 Å². The number of hydrogen-bond acceptors (Lipinski definition) is 3. The summed E-state index contributed by atoms with van der Waals surface area (Å²) in [5.74, 6) is -0.433. The van der Waals surface area contributed by atoms with E-state index < -0.39 is 12.1 Å². The highest BCUT2D eigenvalue weighted by molar-refractivity contribution is 5.92. The third-order valence-corrected chi connectivity index (χ3v) is 3.97. The molecule has 0 saturated carbocycles. The largest absolute Gasteiger partial charge is 0.449 e. The third-order valence-electron chi connectivity index (χ3n) is 3.97. The second-order valence-electron chi connectivity index (χ2n) is 6.68. The summed E-state index contributed by atoms with van der Waals surface area (Å²) in [6, 6.07) is 11.3. The molecule has 0 aliphatic carbocycles. The summed E-state index contributed by atoms with van der Waals surface area (Å²) < 4.78 is 7.36. The zero-order valence-corrected chi connectivity index (χ0v) is 15.5. The van der Waals surface area contributed by atoms with Crippen molar-refractivity contribution in [2.24, 2.45) is 5.92 Å². The number of nitrogens with one attached hydrogen (secondary N) is 1. The Bertz CT molecular complexity index is 725. The number of ether oxygens (including phenoxy) is 1. The molecule has 1 aromatic carbocycles. The van der Waals surface area contributed by atoms with Crippen molar-refractivity contribution >= 4 is 11.9 Å². The van der Waals surface area contributed by atoms with Crippen LogP contribution < -0.4 is 5.32 Å². The van der Waals surface area contributed by atoms with Gasteiger partial charge in [-0.05, 0) is 63.1 Å². The van der Waals surface area contributed by atoms with Gasteiger partial charge < -0.3 is 14.6 Å². The normalized spacial score (nSPS) is 12.1. The van der Waals surface area contributed by atoms with Crippen molar-refractivity contribution in [2.45, 2.75) is 40.7 Å². The molecule has 134 valence electrons. The van der Waals surface area contributed by atoms with E-state index in [9.17, 15) is 9.59 Å². The van der Waals surface area contributed by atoms with Crippen molar-refractivity contribution in [2.75, 3.05) is 6.54 Å². The minimum absolute atomic E-state index is 0.280. The van der Waals surface area contributed by atoms with Gasteiger partial charge in [-0.1, -0.05) is 13.8 Å². The number of aromatic nitrogens is 1. The molecule has 5 nitrogen and oxygen atoms in total. The molecule has 2 rings (SSSR count). The van der Waals surface area contributed by atoms with Crippen molar-refractivity contribution in [1.82, 2.24) is 9.88 Å². The molecule has 1 aromatic heterocycles. The zero-order chi connectivity index (χ0) is 18.6. The van der Waals surface area contributed by atoms with Gasteiger partial charge in [0.1, 0.15) is 0 Å². The molecule has 2 aromatic rings. The first-order valence-electron chi connectivity index (χ1n) is 8.53. The van der Waals surface area contributed by atoms with Crippen LogP contribution in [0.1, 0.15) is 42.5 Å². The van der Waals surface area contributed by atoms with Crippen molar-refractivity contribution in [3.05, 3.63) is 53.3 Å². The monoisotopic (exact) mass is 342 g/mol. The van der Waals surface area contributed by atoms with Crippen LogP contribution in [-0.2, 0) is 9.53 Å². The molecule has 5 heteroatoms. The number of esters is 1. The Morgan fingerprint density at radius 1 is 1.00 bits per heavy atom. The molecule has 0 unspecified atom stereocenters. The maximum Gasteiger partial charge on any atom is 0.338 e. The van der Waals surface area contributed by atoms with Crippen LogP contribution in [0.25, 0.3) is 5.69 Å². The zero-order valence-electron chi connectivity index (χ0n) is 15.5. The average Bonchev–Trinajstić information content (AvgIpc) is 2.91. The summed E-state index contributed by atoms with van der Waals surface area (Å²) in [6.45, 7) is 10.2. The van der Waals surface area contributed by atoms with Crippen molar-refractivity contribution in [1.29, 1.82) is 0 Å². The maximum absolute atomic E-state index is 12.2. The number of amides is 1. The van der Waals surface area contributed by atoms with E-state index in [-0.39, 0.29) is 5.91 Å². The fourth-order valence-electron chi connectivity index (χ4n) is 2.55. The van der Waals surface area contributed by atoms with E-state index in [2.05, 4.69) is 22.0 Å². The van der Waals surface area contributed by atoms with Crippen LogP contribution in [0.2, 0.25) is 0 Å². The lowest BCUT2D eigenvalue weighted by Gasteiger charge is -2.15. The molecular weight excluding hydrogens is 316 g/mol. The van der Waals surface area contributed by atoms with Gasteiger partial charge in [-0.2, -0.15) is 0 Å². The number of aryl methyl sites for hydroxylation is 2. The lowest BCUT2D eigenvalue weighted by atomic mass is 10.2. The second-order valence-corrected chi connectivity index (χ2v) is 6.68. The molecule has 0 bridgehead atoms. The van der Waals surface area contributed by atoms with Crippen LogP contribution in [0.15, 0.2) is 36.4 Å². The topological polar surface area (TPSA) is 60.3 Å². The number of carbonyl (C=O) groups is 2. The smallest absolute Gasteiger partial charge is 0.338 e. The lowest BCUT2D eigenvalue weighted by molar-refractivity contribution is -0.129. The van der Waals surface area contributed by atoms with Gasteiger partial charge in [0.25, 0.3) is 5.91 Å². The molecule has 1 N–H and O–H groups in total. The van der Waals surface area contributed by atoms with E-state index in [0.29, 0.717) is 18.0 Å². The Morgan fingerprint density at radius 2 is 1.56 bits per heavy atom. The van der Waals surface area contributed by atoms with E-state index in [1.165, 1.54) is 0 Å². The SMILES string of the molecule is Cc1ccc(C)n1-c1ccc(C(=O)O[C@@H](C)C(=O)NCC(C)C)cc1. The summed E-state index contributed by atoms with van der Waals surface area (Å²) in [6.07, 6.45) is -0.820. The first-order valence-corrected chi connectivity index (χ1v) is 8.53. The molecule has 0 fully saturated rings. The van der Waals surface area contributed by atoms with Gasteiger partial charge in [-0.25, -0.2) is 4.79 Å². The van der Waals surface area contributed by atoms with Crippen LogP contribution in [0.4, 0.5) is 0 Å². The maximum atomic E-state index is 12.2. The van der Waals surface area contributed by atoms with E-state index in [0.717, 1.165) is 17.1 Å². The van der Waals surface area contributed by atoms with Gasteiger partial charge in [0.05, 0.1) is 5.56 Å². The fourth-order valence-corrected chi connectivity index (χ4v) is 2.55. The van der Waals surface area contributed by atoms with E-state index >= 15 is 0 Å². The predicted molar refractivity (Wildman–Crippen MR) is 98.0 cm³/mol. The molecule has 0 spiro atoms. The molecule has 0 saturated heterocycles. The second kappa shape index (κ2) is 8.01. The molecule has 1 amide bonds. The number of carbonyl (C=O) groups excluding carboxylic acids is 2. The Labute approximate surface area is 149 Å². The molecule has 1 atom stereocenters. The standard InChI is InChI=1S/C20H26N2O3/c1-13(2)12-21-19(23)16(5)25-20(24)17-8-10-18(11-9-17)22-14(3)6-7-15(22)4/h6-11,13,16H,12H2,1-5H3,(H,21,23)/t16-/m0/s1. The Balaban J connectivity index is 2.02. The Morgan fingerprint density at radius 3 is 2.08 bits per heavy atom. The van der Waals surface area contributed by atoms with Crippen LogP contribution >= 0.6 is 0 Å². The highest BCUT2D eigenvalue weighted by atomic mass is 16.5.